The number of nitrogen functional groups attached to an aromatic ring is 1. The number of nitrogens with two attached hydrogens (primary N) is 1. The van der Waals surface area contributed by atoms with E-state index in [1.807, 2.05) is 13.8 Å². The molecule has 1 aromatic heterocycles. The molecule has 2 heterocycles. The lowest BCUT2D eigenvalue weighted by Crippen LogP contribution is -2.39. The van der Waals surface area contributed by atoms with Gasteiger partial charge in [0.1, 0.15) is 5.60 Å². The van der Waals surface area contributed by atoms with Crippen LogP contribution in [0.25, 0.3) is 0 Å². The van der Waals surface area contributed by atoms with Gasteiger partial charge in [-0.15, -0.1) is 0 Å². The van der Waals surface area contributed by atoms with E-state index in [9.17, 15) is 4.79 Å². The number of anilines is 1. The van der Waals surface area contributed by atoms with Gasteiger partial charge in [-0.1, -0.05) is 0 Å². The molecule has 1 aromatic rings. The van der Waals surface area contributed by atoms with Crippen molar-refractivity contribution in [2.75, 3.05) is 5.73 Å². The molecule has 1 aliphatic heterocycles. The number of ether oxygens (including phenoxy) is 1. The predicted molar refractivity (Wildman–Crippen MR) is 56.7 cm³/mol. The van der Waals surface area contributed by atoms with Gasteiger partial charge in [0, 0.05) is 0 Å². The van der Waals surface area contributed by atoms with Gasteiger partial charge in [0.05, 0.1) is 5.71 Å². The number of nitrogens with one attached hydrogen (secondary N) is 1. The molecule has 0 spiro atoms. The summed E-state index contributed by atoms with van der Waals surface area (Å²) in [6.45, 7) is 5.51. The Morgan fingerprint density at radius 3 is 2.80 bits per heavy atom. The smallest absolute Gasteiger partial charge is 0.282 e. The summed E-state index contributed by atoms with van der Waals surface area (Å²) in [7, 11) is 0. The van der Waals surface area contributed by atoms with Crippen LogP contribution in [0.1, 0.15) is 20.8 Å². The Balaban J connectivity index is 2.68. The second-order valence-corrected chi connectivity index (χ2v) is 3.91. The van der Waals surface area contributed by atoms with Crippen LogP contribution in [-0.4, -0.2) is 21.3 Å². The van der Waals surface area contributed by atoms with Crippen molar-refractivity contribution >= 4 is 17.3 Å². The zero-order chi connectivity index (χ0) is 11.2. The summed E-state index contributed by atoms with van der Waals surface area (Å²) in [6, 6.07) is 0. The van der Waals surface area contributed by atoms with E-state index in [0.29, 0.717) is 0 Å². The fourth-order valence-corrected chi connectivity index (χ4v) is 1.25. The monoisotopic (exact) mass is 208 g/mol. The Morgan fingerprint density at radius 2 is 2.13 bits per heavy atom. The van der Waals surface area contributed by atoms with Crippen LogP contribution >= 0.6 is 0 Å². The Labute approximate surface area is 86.2 Å². The van der Waals surface area contributed by atoms with Gasteiger partial charge >= 0.3 is 0 Å². The molecule has 3 N–H and O–H groups in total. The van der Waals surface area contributed by atoms with Crippen molar-refractivity contribution in [1.29, 1.82) is 0 Å². The number of nitrogens with zero attached hydrogens (tertiary/aromatic N) is 2. The molecule has 0 aliphatic carbocycles. The van der Waals surface area contributed by atoms with E-state index in [0.717, 1.165) is 5.71 Å². The van der Waals surface area contributed by atoms with Crippen molar-refractivity contribution in [2.45, 2.75) is 26.4 Å². The van der Waals surface area contributed by atoms with Crippen LogP contribution in [0, 0.1) is 0 Å². The Hall–Kier alpha value is -1.85. The van der Waals surface area contributed by atoms with Gasteiger partial charge in [0.2, 0.25) is 11.8 Å². The van der Waals surface area contributed by atoms with E-state index in [1.165, 1.54) is 0 Å². The molecule has 15 heavy (non-hydrogen) atoms. The second-order valence-electron chi connectivity index (χ2n) is 3.91. The molecule has 1 aliphatic rings. The number of hydrogen-bond acceptors (Lipinski definition) is 5. The molecule has 6 heteroatoms. The maximum absolute atomic E-state index is 11.5. The Kier molecular flexibility index (Phi) is 1.82. The summed E-state index contributed by atoms with van der Waals surface area (Å²) in [5, 5.41) is 0. The summed E-state index contributed by atoms with van der Waals surface area (Å²) in [5.74, 6) is 0.219. The fraction of sp³-hybridized carbons (Fsp3) is 0.444. The third-order valence-corrected chi connectivity index (χ3v) is 2.38. The highest BCUT2D eigenvalue weighted by Gasteiger charge is 2.31. The third kappa shape index (κ3) is 1.47. The first-order valence-corrected chi connectivity index (χ1v) is 4.55. The highest BCUT2D eigenvalue weighted by atomic mass is 16.5. The van der Waals surface area contributed by atoms with Crippen molar-refractivity contribution in [2.24, 2.45) is 4.99 Å². The highest BCUT2D eigenvalue weighted by Crippen LogP contribution is 2.31. The van der Waals surface area contributed by atoms with Crippen molar-refractivity contribution in [3.05, 3.63) is 10.4 Å². The average Bonchev–Trinajstić information content (AvgIpc) is 2.08. The van der Waals surface area contributed by atoms with Gasteiger partial charge in [-0.25, -0.2) is 4.99 Å². The van der Waals surface area contributed by atoms with Crippen molar-refractivity contribution in [1.82, 2.24) is 9.97 Å². The molecule has 0 radical (unpaired) electrons. The average molecular weight is 208 g/mol. The van der Waals surface area contributed by atoms with Gasteiger partial charge in [0.15, 0.2) is 5.69 Å². The summed E-state index contributed by atoms with van der Waals surface area (Å²) in [4.78, 5) is 21.9. The molecule has 80 valence electrons. The largest absolute Gasteiger partial charge is 0.464 e. The van der Waals surface area contributed by atoms with Crippen LogP contribution in [0.2, 0.25) is 0 Å². The van der Waals surface area contributed by atoms with Crippen molar-refractivity contribution in [3.8, 4) is 5.88 Å². The number of fused-ring (bicyclic) bond motifs is 1. The molecular formula is C9H12N4O2. The quantitative estimate of drug-likeness (QED) is 0.653. The lowest BCUT2D eigenvalue weighted by molar-refractivity contribution is 0.170. The normalized spacial score (nSPS) is 17.7. The number of aliphatic imine (C=N–C) groups is 1. The topological polar surface area (TPSA) is 93.4 Å². The fourth-order valence-electron chi connectivity index (χ4n) is 1.25. The van der Waals surface area contributed by atoms with Crippen molar-refractivity contribution in [3.63, 3.8) is 0 Å². The van der Waals surface area contributed by atoms with Gasteiger partial charge in [-0.2, -0.15) is 4.98 Å². The first-order chi connectivity index (χ1) is 6.90. The summed E-state index contributed by atoms with van der Waals surface area (Å²) < 4.78 is 5.55. The van der Waals surface area contributed by atoms with Gasteiger partial charge in [-0.05, 0) is 20.8 Å². The number of hydrogen-bond donors (Lipinski definition) is 2. The zero-order valence-corrected chi connectivity index (χ0v) is 8.79. The van der Waals surface area contributed by atoms with Crippen LogP contribution in [0.3, 0.4) is 0 Å². The zero-order valence-electron chi connectivity index (χ0n) is 8.79. The Bertz CT molecular complexity index is 501. The van der Waals surface area contributed by atoms with Crippen LogP contribution < -0.4 is 16.0 Å². The van der Waals surface area contributed by atoms with Gasteiger partial charge in [0.25, 0.3) is 5.56 Å². The van der Waals surface area contributed by atoms with Crippen LogP contribution in [0.4, 0.5) is 11.6 Å². The molecule has 2 rings (SSSR count). The van der Waals surface area contributed by atoms with Crippen LogP contribution in [-0.2, 0) is 0 Å². The van der Waals surface area contributed by atoms with Gasteiger partial charge < -0.3 is 10.5 Å². The molecule has 0 fully saturated rings. The molecular weight excluding hydrogens is 196 g/mol. The number of rotatable bonds is 0. The van der Waals surface area contributed by atoms with E-state index in [1.54, 1.807) is 6.92 Å². The van der Waals surface area contributed by atoms with E-state index in [4.69, 9.17) is 10.5 Å². The number of H-pyrrole nitrogens is 1. The molecule has 0 aromatic carbocycles. The molecule has 0 saturated heterocycles. The second kappa shape index (κ2) is 2.82. The molecule has 6 nitrogen and oxygen atoms in total. The molecule has 0 atom stereocenters. The lowest BCUT2D eigenvalue weighted by Gasteiger charge is -2.29. The summed E-state index contributed by atoms with van der Waals surface area (Å²) >= 11 is 0. The summed E-state index contributed by atoms with van der Waals surface area (Å²) in [5.41, 5.74) is 5.38. The van der Waals surface area contributed by atoms with Crippen LogP contribution in [0.15, 0.2) is 9.79 Å². The maximum atomic E-state index is 11.5. The lowest BCUT2D eigenvalue weighted by atomic mass is 10.0. The first-order valence-electron chi connectivity index (χ1n) is 4.55. The molecule has 0 unspecified atom stereocenters. The third-order valence-electron chi connectivity index (χ3n) is 2.38. The van der Waals surface area contributed by atoms with E-state index in [-0.39, 0.29) is 23.1 Å². The number of aromatic amines is 1. The standard InChI is InChI=1S/C9H12N4O2/c1-4-9(2,3)15-7-5(11-4)6(14)12-8(10)13-7/h1-3H3,(H3,10,12,13,14). The molecule has 0 amide bonds. The number of aromatic nitrogens is 2. The minimum atomic E-state index is -0.555. The molecule has 0 bridgehead atoms. The highest BCUT2D eigenvalue weighted by molar-refractivity contribution is 5.93. The maximum Gasteiger partial charge on any atom is 0.282 e. The van der Waals surface area contributed by atoms with Gasteiger partial charge in [-0.3, -0.25) is 9.78 Å². The van der Waals surface area contributed by atoms with E-state index < -0.39 is 5.60 Å². The van der Waals surface area contributed by atoms with E-state index in [2.05, 4.69) is 15.0 Å². The van der Waals surface area contributed by atoms with Crippen LogP contribution in [0.5, 0.6) is 5.88 Å². The summed E-state index contributed by atoms with van der Waals surface area (Å²) in [6.07, 6.45) is 0. The molecule has 0 saturated carbocycles. The SMILES string of the molecule is CC1=Nc2c(nc(N)[nH]c2=O)OC1(C)C. The minimum Gasteiger partial charge on any atom is -0.464 e. The first kappa shape index (κ1) is 9.70. The van der Waals surface area contributed by atoms with E-state index >= 15 is 0 Å². The van der Waals surface area contributed by atoms with Crippen molar-refractivity contribution < 1.29 is 4.74 Å². The Morgan fingerprint density at radius 1 is 1.47 bits per heavy atom. The minimum absolute atomic E-state index is 0.0318. The predicted octanol–water partition coefficient (Wildman–Crippen LogP) is 0.615.